The van der Waals surface area contributed by atoms with Crippen molar-refractivity contribution in [3.63, 3.8) is 0 Å². The van der Waals surface area contributed by atoms with Crippen LogP contribution in [0.25, 0.3) is 11.3 Å². The highest BCUT2D eigenvalue weighted by Crippen LogP contribution is 2.34. The summed E-state index contributed by atoms with van der Waals surface area (Å²) in [6.07, 6.45) is 6.68. The maximum Gasteiger partial charge on any atom is 0.258 e. The Labute approximate surface area is 366 Å². The molecule has 10 rings (SSSR count). The largest absolute Gasteiger partial charge is 0.489 e. The van der Waals surface area contributed by atoms with E-state index in [0.29, 0.717) is 75.8 Å². The molecule has 2 amide bonds. The Morgan fingerprint density at radius 1 is 0.694 bits per heavy atom. The molecule has 18 heteroatoms. The van der Waals surface area contributed by atoms with Crippen molar-refractivity contribution in [1.29, 1.82) is 0 Å². The van der Waals surface area contributed by atoms with Crippen LogP contribution in [0.5, 0.6) is 11.5 Å². The lowest BCUT2D eigenvalue weighted by Crippen LogP contribution is -2.36. The summed E-state index contributed by atoms with van der Waals surface area (Å²) >= 11 is 12.3. The highest BCUT2D eigenvalue weighted by atomic mass is 35.5. The third kappa shape index (κ3) is 8.28. The van der Waals surface area contributed by atoms with E-state index in [1.54, 1.807) is 31.2 Å². The molecule has 2 fully saturated rings. The van der Waals surface area contributed by atoms with Crippen LogP contribution in [0.15, 0.2) is 48.8 Å². The predicted octanol–water partition coefficient (Wildman–Crippen LogP) is 6.92. The zero-order chi connectivity index (χ0) is 43.4. The Balaban J connectivity index is 0.000000158. The van der Waals surface area contributed by atoms with Gasteiger partial charge in [-0.3, -0.25) is 9.59 Å². The fourth-order valence-corrected chi connectivity index (χ4v) is 8.72. The van der Waals surface area contributed by atoms with E-state index < -0.39 is 11.6 Å². The van der Waals surface area contributed by atoms with E-state index in [4.69, 9.17) is 32.7 Å². The number of likely N-dealkylation sites (tertiary alicyclic amines) is 2. The van der Waals surface area contributed by atoms with Gasteiger partial charge in [0.05, 0.1) is 76.3 Å². The summed E-state index contributed by atoms with van der Waals surface area (Å²) in [6, 6.07) is 8.24. The van der Waals surface area contributed by atoms with Gasteiger partial charge < -0.3 is 29.1 Å². The number of carbonyl (C=O) groups is 2. The van der Waals surface area contributed by atoms with Gasteiger partial charge in [0.1, 0.15) is 35.3 Å². The van der Waals surface area contributed by atoms with Crippen molar-refractivity contribution in [2.75, 3.05) is 40.3 Å². The van der Waals surface area contributed by atoms with Gasteiger partial charge in [-0.05, 0) is 77.9 Å². The zero-order valence-electron chi connectivity index (χ0n) is 34.9. The summed E-state index contributed by atoms with van der Waals surface area (Å²) in [5.74, 6) is -0.635. The van der Waals surface area contributed by atoms with E-state index in [2.05, 4.69) is 44.1 Å². The molecular weight excluding hydrogens is 841 g/mol. The second-order valence-corrected chi connectivity index (χ2v) is 17.4. The average molecular weight is 888 g/mol. The molecule has 2 saturated heterocycles. The molecule has 0 bridgehead atoms. The van der Waals surface area contributed by atoms with Gasteiger partial charge in [0, 0.05) is 55.6 Å². The van der Waals surface area contributed by atoms with Gasteiger partial charge in [-0.15, -0.1) is 0 Å². The summed E-state index contributed by atoms with van der Waals surface area (Å²) in [7, 11) is 4.14. The third-order valence-electron chi connectivity index (χ3n) is 12.1. The Morgan fingerprint density at radius 2 is 1.19 bits per heavy atom. The van der Waals surface area contributed by atoms with Crippen LogP contribution in [-0.2, 0) is 26.2 Å². The molecule has 0 radical (unpaired) electrons. The van der Waals surface area contributed by atoms with Crippen LogP contribution in [0.2, 0.25) is 10.0 Å². The molecule has 0 atom stereocenters. The number of amides is 2. The number of ether oxygens (including phenoxy) is 2. The fourth-order valence-electron chi connectivity index (χ4n) is 8.46. The van der Waals surface area contributed by atoms with E-state index in [9.17, 15) is 18.4 Å². The monoisotopic (exact) mass is 886 g/mol. The third-order valence-corrected chi connectivity index (χ3v) is 12.9. The van der Waals surface area contributed by atoms with E-state index in [-0.39, 0.29) is 24.0 Å². The summed E-state index contributed by atoms with van der Waals surface area (Å²) in [4.78, 5) is 43.5. The minimum Gasteiger partial charge on any atom is -0.489 e. The lowest BCUT2D eigenvalue weighted by atomic mass is 10.1. The molecule has 2 aromatic carbocycles. The summed E-state index contributed by atoms with van der Waals surface area (Å²) < 4.78 is 43.5. The molecule has 0 spiro atoms. The highest BCUT2D eigenvalue weighted by molar-refractivity contribution is 6.31. The Hall–Kier alpha value is -5.42. The standard InChI is InChI=1S/2C22H23ClFN5O2/c1-13-18(23)10-25-21-17-11-28(12-19(17)26-29(13)21)22(30)16-4-3-14(24)9-20(16)31-15-5-7-27(2)8-6-15;1-13-18(23)11-29-21(25-13)17-10-28(12-19(17)26-29)22(30)16-4-3-14(24)9-20(16)31-15-5-7-27(2)8-6-15/h3-4,9-10,15H,5-8,11-12H2,1-2H3;3-4,9,11,15H,5-8,10,12H2,1-2H3. The molecule has 324 valence electrons. The number of hydrogen-bond donors (Lipinski definition) is 0. The molecule has 0 saturated carbocycles. The van der Waals surface area contributed by atoms with E-state index in [1.165, 1.54) is 36.4 Å². The van der Waals surface area contributed by atoms with Crippen molar-refractivity contribution in [3.8, 4) is 11.5 Å². The van der Waals surface area contributed by atoms with Crippen LogP contribution >= 0.6 is 23.2 Å². The second kappa shape index (κ2) is 17.0. The van der Waals surface area contributed by atoms with Crippen LogP contribution in [0, 0.1) is 25.5 Å². The molecule has 62 heavy (non-hydrogen) atoms. The number of aryl methyl sites for hydroxylation is 2. The van der Waals surface area contributed by atoms with Gasteiger partial charge in [0.25, 0.3) is 11.8 Å². The van der Waals surface area contributed by atoms with Crippen LogP contribution < -0.4 is 9.47 Å². The molecule has 0 N–H and O–H groups in total. The number of halogens is 4. The van der Waals surface area contributed by atoms with Crippen LogP contribution in [0.1, 0.15) is 80.3 Å². The van der Waals surface area contributed by atoms with Crippen LogP contribution in [0.3, 0.4) is 0 Å². The lowest BCUT2D eigenvalue weighted by molar-refractivity contribution is 0.0724. The quantitative estimate of drug-likeness (QED) is 0.174. The molecule has 0 aliphatic carbocycles. The predicted molar refractivity (Wildman–Crippen MR) is 228 cm³/mol. The molecule has 4 aliphatic rings. The molecular formula is C44H46Cl2F2N10O4. The van der Waals surface area contributed by atoms with Crippen molar-refractivity contribution < 1.29 is 27.8 Å². The summed E-state index contributed by atoms with van der Waals surface area (Å²) in [5.41, 5.74) is 7.09. The molecule has 4 aromatic heterocycles. The number of carbonyl (C=O) groups excluding carboxylic acids is 2. The SMILES string of the molecule is Cc1c(Cl)cnc2c3c(nn12)CN(C(=O)c1ccc(F)cc1OC1CCN(C)CC1)C3.Cc1nc2c3c(nn2cc1Cl)CN(C(=O)c1ccc(F)cc1OC1CCN(C)CC1)C3. The van der Waals surface area contributed by atoms with E-state index >= 15 is 0 Å². The number of piperidine rings is 2. The van der Waals surface area contributed by atoms with Crippen molar-refractivity contribution in [1.82, 2.24) is 48.8 Å². The number of nitrogens with zero attached hydrogens (tertiary/aromatic N) is 10. The summed E-state index contributed by atoms with van der Waals surface area (Å²) in [6.45, 7) is 8.88. The van der Waals surface area contributed by atoms with E-state index in [1.807, 2.05) is 13.8 Å². The molecule has 8 heterocycles. The van der Waals surface area contributed by atoms with Gasteiger partial charge in [-0.25, -0.2) is 27.8 Å². The Morgan fingerprint density at radius 3 is 1.73 bits per heavy atom. The Kier molecular flexibility index (Phi) is 11.5. The van der Waals surface area contributed by atoms with Gasteiger partial charge in [0.2, 0.25) is 0 Å². The highest BCUT2D eigenvalue weighted by Gasteiger charge is 2.34. The minimum absolute atomic E-state index is 0.0264. The minimum atomic E-state index is -0.418. The molecule has 6 aromatic rings. The fraction of sp³-hybridized carbons (Fsp3) is 0.409. The normalized spacial score (nSPS) is 17.4. The zero-order valence-corrected chi connectivity index (χ0v) is 36.4. The van der Waals surface area contributed by atoms with E-state index in [0.717, 1.165) is 80.1 Å². The first-order valence-electron chi connectivity index (χ1n) is 20.7. The van der Waals surface area contributed by atoms with Crippen LogP contribution in [0.4, 0.5) is 8.78 Å². The van der Waals surface area contributed by atoms with Gasteiger partial charge in [0.15, 0.2) is 11.3 Å². The van der Waals surface area contributed by atoms with Crippen molar-refractivity contribution >= 4 is 46.3 Å². The van der Waals surface area contributed by atoms with Gasteiger partial charge in [-0.1, -0.05) is 23.2 Å². The van der Waals surface area contributed by atoms with Crippen molar-refractivity contribution in [3.05, 3.63) is 116 Å². The second-order valence-electron chi connectivity index (χ2n) is 16.6. The molecule has 0 unspecified atom stereocenters. The Bertz CT molecular complexity index is 2620. The first kappa shape index (κ1) is 41.9. The topological polar surface area (TPSA) is 126 Å². The average Bonchev–Trinajstić information content (AvgIpc) is 4.02. The first-order valence-corrected chi connectivity index (χ1v) is 21.5. The lowest BCUT2D eigenvalue weighted by Gasteiger charge is -2.30. The van der Waals surface area contributed by atoms with Gasteiger partial charge in [-0.2, -0.15) is 10.2 Å². The van der Waals surface area contributed by atoms with Crippen molar-refractivity contribution in [2.45, 2.75) is 77.9 Å². The smallest absolute Gasteiger partial charge is 0.258 e. The van der Waals surface area contributed by atoms with Crippen molar-refractivity contribution in [2.24, 2.45) is 0 Å². The number of rotatable bonds is 6. The number of aromatic nitrogens is 6. The number of hydrogen-bond acceptors (Lipinski definition) is 10. The number of fused-ring (bicyclic) bond motifs is 6. The maximum absolute atomic E-state index is 14.0. The number of benzene rings is 2. The first-order chi connectivity index (χ1) is 29.8. The van der Waals surface area contributed by atoms with Crippen LogP contribution in [-0.4, -0.2) is 113 Å². The molecule has 14 nitrogen and oxygen atoms in total. The summed E-state index contributed by atoms with van der Waals surface area (Å²) in [5, 5.41) is 10.2. The van der Waals surface area contributed by atoms with Gasteiger partial charge >= 0.3 is 0 Å². The maximum atomic E-state index is 14.0. The molecule has 4 aliphatic heterocycles.